The second-order valence-corrected chi connectivity index (χ2v) is 6.63. The van der Waals surface area contributed by atoms with Gasteiger partial charge < -0.3 is 4.90 Å². The summed E-state index contributed by atoms with van der Waals surface area (Å²) in [6.45, 7) is 4.83. The van der Waals surface area contributed by atoms with E-state index in [1.807, 2.05) is 6.08 Å². The van der Waals surface area contributed by atoms with Gasteiger partial charge in [-0.2, -0.15) is 10.2 Å². The molecule has 2 aromatic heterocycles. The number of carbonyl (C=O) groups excluding carboxylic acids is 2. The van der Waals surface area contributed by atoms with Crippen molar-refractivity contribution in [2.24, 2.45) is 0 Å². The second kappa shape index (κ2) is 6.73. The number of anilines is 1. The Morgan fingerprint density at radius 2 is 2.42 bits per heavy atom. The van der Waals surface area contributed by atoms with Crippen LogP contribution in [0.4, 0.5) is 9.93 Å². The molecule has 4 rings (SSSR count). The van der Waals surface area contributed by atoms with Crippen LogP contribution in [0.5, 0.6) is 0 Å². The number of nitrogens with one attached hydrogen (secondary N) is 1. The summed E-state index contributed by atoms with van der Waals surface area (Å²) in [5, 5.41) is 10.7. The van der Waals surface area contributed by atoms with E-state index in [9.17, 15) is 9.59 Å². The van der Waals surface area contributed by atoms with Crippen LogP contribution in [0.1, 0.15) is 10.5 Å². The maximum absolute atomic E-state index is 12.3. The SMILES string of the molecule is C=CCON1C(=O)N2CC(n3ccc(C(=O)Nc4nccs4)n3)=CC1C2. The number of fused-ring (bicyclic) bond motifs is 2. The lowest BCUT2D eigenvalue weighted by molar-refractivity contribution is -0.107. The highest BCUT2D eigenvalue weighted by Gasteiger charge is 2.41. The molecule has 4 heterocycles. The van der Waals surface area contributed by atoms with Gasteiger partial charge in [-0.15, -0.1) is 17.9 Å². The first kappa shape index (κ1) is 16.5. The lowest BCUT2D eigenvalue weighted by atomic mass is 10.2. The van der Waals surface area contributed by atoms with Crippen molar-refractivity contribution in [1.29, 1.82) is 0 Å². The Morgan fingerprint density at radius 1 is 1.54 bits per heavy atom. The van der Waals surface area contributed by atoms with Crippen molar-refractivity contribution in [2.45, 2.75) is 6.04 Å². The van der Waals surface area contributed by atoms with Gasteiger partial charge in [-0.3, -0.25) is 14.9 Å². The van der Waals surface area contributed by atoms with Gasteiger partial charge >= 0.3 is 6.03 Å². The minimum absolute atomic E-state index is 0.183. The van der Waals surface area contributed by atoms with Crippen molar-refractivity contribution in [3.8, 4) is 0 Å². The third kappa shape index (κ3) is 3.00. The van der Waals surface area contributed by atoms with E-state index in [1.165, 1.54) is 16.4 Å². The summed E-state index contributed by atoms with van der Waals surface area (Å²) >= 11 is 1.34. The van der Waals surface area contributed by atoms with E-state index in [0.717, 1.165) is 5.70 Å². The van der Waals surface area contributed by atoms with Crippen molar-refractivity contribution >= 4 is 34.1 Å². The number of hydrogen-bond acceptors (Lipinski definition) is 6. The summed E-state index contributed by atoms with van der Waals surface area (Å²) in [4.78, 5) is 35.7. The number of thiazole rings is 1. The van der Waals surface area contributed by atoms with Gasteiger partial charge in [0, 0.05) is 24.3 Å². The minimum atomic E-state index is -0.328. The summed E-state index contributed by atoms with van der Waals surface area (Å²) in [6.07, 6.45) is 6.84. The van der Waals surface area contributed by atoms with Gasteiger partial charge in [0.1, 0.15) is 0 Å². The van der Waals surface area contributed by atoms with E-state index in [1.54, 1.807) is 39.5 Å². The van der Waals surface area contributed by atoms with Crippen LogP contribution in [0.15, 0.2) is 42.6 Å². The van der Waals surface area contributed by atoms with Crippen molar-refractivity contribution in [3.63, 3.8) is 0 Å². The highest BCUT2D eigenvalue weighted by Crippen LogP contribution is 2.26. The molecule has 2 aromatic rings. The molecule has 9 nitrogen and oxygen atoms in total. The third-order valence-corrected chi connectivity index (χ3v) is 4.69. The van der Waals surface area contributed by atoms with Gasteiger partial charge in [0.15, 0.2) is 10.8 Å². The van der Waals surface area contributed by atoms with E-state index in [-0.39, 0.29) is 30.3 Å². The van der Waals surface area contributed by atoms with Gasteiger partial charge in [0.25, 0.3) is 5.91 Å². The molecule has 1 fully saturated rings. The molecule has 134 valence electrons. The van der Waals surface area contributed by atoms with Crippen LogP contribution in [-0.4, -0.2) is 62.4 Å². The van der Waals surface area contributed by atoms with Crippen LogP contribution in [0, 0.1) is 0 Å². The van der Waals surface area contributed by atoms with E-state index in [4.69, 9.17) is 4.84 Å². The Kier molecular flexibility index (Phi) is 4.27. The number of hydroxylamine groups is 2. The number of aromatic nitrogens is 3. The fourth-order valence-corrected chi connectivity index (χ4v) is 3.39. The number of carbonyl (C=O) groups is 2. The maximum atomic E-state index is 12.3. The third-order valence-electron chi connectivity index (χ3n) is 4.01. The van der Waals surface area contributed by atoms with E-state index < -0.39 is 0 Å². The molecule has 2 bridgehead atoms. The smallest absolute Gasteiger partial charge is 0.314 e. The normalized spacial score (nSPS) is 18.8. The minimum Gasteiger partial charge on any atom is -0.314 e. The second-order valence-electron chi connectivity index (χ2n) is 5.74. The van der Waals surface area contributed by atoms with Crippen LogP contribution in [0.3, 0.4) is 0 Å². The Hall–Kier alpha value is -2.98. The van der Waals surface area contributed by atoms with Gasteiger partial charge in [0.05, 0.1) is 24.9 Å². The van der Waals surface area contributed by atoms with Gasteiger partial charge in [-0.05, 0) is 12.1 Å². The number of rotatable bonds is 6. The van der Waals surface area contributed by atoms with Crippen LogP contribution >= 0.6 is 11.3 Å². The molecule has 0 spiro atoms. The molecule has 0 aliphatic carbocycles. The Balaban J connectivity index is 1.50. The Bertz CT molecular complexity index is 874. The van der Waals surface area contributed by atoms with E-state index in [0.29, 0.717) is 18.2 Å². The molecule has 2 aliphatic heterocycles. The highest BCUT2D eigenvalue weighted by molar-refractivity contribution is 7.13. The topological polar surface area (TPSA) is 92.6 Å². The molecular weight excluding hydrogens is 356 g/mol. The largest absolute Gasteiger partial charge is 0.345 e. The predicted octanol–water partition coefficient (Wildman–Crippen LogP) is 1.67. The summed E-state index contributed by atoms with van der Waals surface area (Å²) in [6, 6.07) is 1.25. The molecule has 1 N–H and O–H groups in total. The zero-order chi connectivity index (χ0) is 18.1. The number of amides is 3. The molecular formula is C16H16N6O3S. The van der Waals surface area contributed by atoms with Gasteiger partial charge in [0.2, 0.25) is 0 Å². The molecule has 10 heteroatoms. The lowest BCUT2D eigenvalue weighted by Gasteiger charge is -2.21. The molecule has 2 aliphatic rings. The molecule has 0 saturated carbocycles. The number of urea groups is 1. The Labute approximate surface area is 153 Å². The molecule has 3 amide bonds. The maximum Gasteiger partial charge on any atom is 0.345 e. The van der Waals surface area contributed by atoms with Crippen LogP contribution in [0.25, 0.3) is 5.70 Å². The average molecular weight is 372 g/mol. The summed E-state index contributed by atoms with van der Waals surface area (Å²) < 4.78 is 1.61. The van der Waals surface area contributed by atoms with Gasteiger partial charge in [-0.1, -0.05) is 6.08 Å². The fourth-order valence-electron chi connectivity index (χ4n) is 2.87. The summed E-state index contributed by atoms with van der Waals surface area (Å²) in [5.74, 6) is -0.328. The zero-order valence-electron chi connectivity index (χ0n) is 13.7. The van der Waals surface area contributed by atoms with Crippen molar-refractivity contribution < 1.29 is 14.4 Å². The first-order chi connectivity index (χ1) is 12.7. The highest BCUT2D eigenvalue weighted by atomic mass is 32.1. The lowest BCUT2D eigenvalue weighted by Crippen LogP contribution is -2.33. The summed E-state index contributed by atoms with van der Waals surface area (Å²) in [5.41, 5.74) is 1.09. The first-order valence-electron chi connectivity index (χ1n) is 7.95. The van der Waals surface area contributed by atoms with Gasteiger partial charge in [-0.25, -0.2) is 14.5 Å². The van der Waals surface area contributed by atoms with Crippen LogP contribution in [0.2, 0.25) is 0 Å². The Morgan fingerprint density at radius 3 is 3.19 bits per heavy atom. The van der Waals surface area contributed by atoms with Crippen LogP contribution < -0.4 is 5.32 Å². The standard InChI is InChI=1S/C16H16N6O3S/c1-2-6-25-22-12-8-11(9-20(10-12)16(22)24)21-5-3-13(19-21)14(23)18-15-17-4-7-26-15/h2-5,7-8,12H,1,6,9-10H2,(H,17,18,23). The number of nitrogens with zero attached hydrogens (tertiary/aromatic N) is 5. The average Bonchev–Trinajstić information content (AvgIpc) is 3.36. The molecule has 26 heavy (non-hydrogen) atoms. The van der Waals surface area contributed by atoms with E-state index >= 15 is 0 Å². The zero-order valence-corrected chi connectivity index (χ0v) is 14.6. The van der Waals surface area contributed by atoms with Crippen molar-refractivity contribution in [3.05, 3.63) is 48.3 Å². The first-order valence-corrected chi connectivity index (χ1v) is 8.83. The molecule has 1 unspecified atom stereocenters. The fraction of sp³-hybridized carbons (Fsp3) is 0.250. The van der Waals surface area contributed by atoms with E-state index in [2.05, 4.69) is 22.0 Å². The molecule has 0 aromatic carbocycles. The monoisotopic (exact) mass is 372 g/mol. The van der Waals surface area contributed by atoms with Crippen molar-refractivity contribution in [1.82, 2.24) is 24.7 Å². The number of hydrogen-bond donors (Lipinski definition) is 1. The summed E-state index contributed by atoms with van der Waals surface area (Å²) in [7, 11) is 0. The molecule has 1 atom stereocenters. The molecule has 1 saturated heterocycles. The molecule has 0 radical (unpaired) electrons. The predicted molar refractivity (Wildman–Crippen MR) is 95.3 cm³/mol. The quantitative estimate of drug-likeness (QED) is 0.779. The van der Waals surface area contributed by atoms with Crippen molar-refractivity contribution in [2.75, 3.05) is 25.0 Å². The van der Waals surface area contributed by atoms with Crippen LogP contribution in [-0.2, 0) is 4.84 Å².